The average molecular weight is 186 g/mol. The summed E-state index contributed by atoms with van der Waals surface area (Å²) >= 11 is 0. The molecule has 1 rings (SSSR count). The standard InChI is InChI=1S/C9H18N2O2/c1-7-5-3-4-6-11(7)10-8(2)9(12)13/h7-8,10H,3-6H2,1-2H3,(H,12,13). The van der Waals surface area contributed by atoms with E-state index in [1.165, 1.54) is 6.42 Å². The second-order valence-electron chi connectivity index (χ2n) is 3.73. The fourth-order valence-corrected chi connectivity index (χ4v) is 1.59. The lowest BCUT2D eigenvalue weighted by atomic mass is 10.1. The molecule has 13 heavy (non-hydrogen) atoms. The average Bonchev–Trinajstić information content (AvgIpc) is 2.08. The van der Waals surface area contributed by atoms with E-state index in [0.29, 0.717) is 6.04 Å². The van der Waals surface area contributed by atoms with Crippen LogP contribution in [0.3, 0.4) is 0 Å². The maximum absolute atomic E-state index is 10.6. The minimum atomic E-state index is -0.794. The molecule has 0 aromatic rings. The van der Waals surface area contributed by atoms with E-state index in [0.717, 1.165) is 19.4 Å². The Morgan fingerprint density at radius 3 is 2.85 bits per heavy atom. The third-order valence-corrected chi connectivity index (χ3v) is 2.53. The van der Waals surface area contributed by atoms with Crippen molar-refractivity contribution in [3.8, 4) is 0 Å². The molecular formula is C9H18N2O2. The van der Waals surface area contributed by atoms with Crippen LogP contribution in [0.25, 0.3) is 0 Å². The number of hydrogen-bond acceptors (Lipinski definition) is 3. The number of piperidine rings is 1. The Labute approximate surface area is 78.9 Å². The largest absolute Gasteiger partial charge is 0.480 e. The number of nitrogens with one attached hydrogen (secondary N) is 1. The van der Waals surface area contributed by atoms with Crippen LogP contribution >= 0.6 is 0 Å². The van der Waals surface area contributed by atoms with Gasteiger partial charge in [-0.05, 0) is 26.7 Å². The molecular weight excluding hydrogens is 168 g/mol. The van der Waals surface area contributed by atoms with Gasteiger partial charge >= 0.3 is 5.97 Å². The van der Waals surface area contributed by atoms with Crippen molar-refractivity contribution in [2.75, 3.05) is 6.54 Å². The van der Waals surface area contributed by atoms with Crippen LogP contribution in [0.2, 0.25) is 0 Å². The first-order valence-electron chi connectivity index (χ1n) is 4.87. The van der Waals surface area contributed by atoms with E-state index in [9.17, 15) is 4.79 Å². The number of carboxylic acids is 1. The summed E-state index contributed by atoms with van der Waals surface area (Å²) in [5.41, 5.74) is 3.00. The van der Waals surface area contributed by atoms with Crippen LogP contribution in [0.1, 0.15) is 33.1 Å². The van der Waals surface area contributed by atoms with Crippen LogP contribution in [0.5, 0.6) is 0 Å². The fraction of sp³-hybridized carbons (Fsp3) is 0.889. The Bertz CT molecular complexity index is 184. The van der Waals surface area contributed by atoms with E-state index in [4.69, 9.17) is 5.11 Å². The van der Waals surface area contributed by atoms with Gasteiger partial charge in [-0.15, -0.1) is 0 Å². The van der Waals surface area contributed by atoms with Crippen molar-refractivity contribution < 1.29 is 9.90 Å². The topological polar surface area (TPSA) is 52.6 Å². The number of nitrogens with zero attached hydrogens (tertiary/aromatic N) is 1. The van der Waals surface area contributed by atoms with Crippen molar-refractivity contribution >= 4 is 5.97 Å². The predicted octanol–water partition coefficient (Wildman–Crippen LogP) is 0.839. The number of aliphatic carboxylic acids is 1. The van der Waals surface area contributed by atoms with Crippen LogP contribution in [0, 0.1) is 0 Å². The highest BCUT2D eigenvalue weighted by atomic mass is 16.4. The molecule has 0 aliphatic carbocycles. The molecule has 76 valence electrons. The zero-order valence-electron chi connectivity index (χ0n) is 8.29. The lowest BCUT2D eigenvalue weighted by Gasteiger charge is -2.34. The highest BCUT2D eigenvalue weighted by molar-refractivity contribution is 5.72. The van der Waals surface area contributed by atoms with Crippen LogP contribution in [0.4, 0.5) is 0 Å². The molecule has 0 aromatic heterocycles. The van der Waals surface area contributed by atoms with Gasteiger partial charge in [-0.1, -0.05) is 6.42 Å². The quantitative estimate of drug-likeness (QED) is 0.685. The van der Waals surface area contributed by atoms with E-state index in [1.54, 1.807) is 6.92 Å². The van der Waals surface area contributed by atoms with Gasteiger partial charge in [0.05, 0.1) is 0 Å². The molecule has 4 heteroatoms. The first kappa shape index (κ1) is 10.5. The lowest BCUT2D eigenvalue weighted by Crippen LogP contribution is -2.52. The van der Waals surface area contributed by atoms with E-state index >= 15 is 0 Å². The van der Waals surface area contributed by atoms with Crippen LogP contribution in [0.15, 0.2) is 0 Å². The van der Waals surface area contributed by atoms with Crippen molar-refractivity contribution in [1.82, 2.24) is 10.4 Å². The second-order valence-corrected chi connectivity index (χ2v) is 3.73. The Morgan fingerprint density at radius 1 is 1.62 bits per heavy atom. The van der Waals surface area contributed by atoms with Gasteiger partial charge in [0.15, 0.2) is 0 Å². The summed E-state index contributed by atoms with van der Waals surface area (Å²) in [6.45, 7) is 4.75. The van der Waals surface area contributed by atoms with Crippen molar-refractivity contribution in [3.05, 3.63) is 0 Å². The van der Waals surface area contributed by atoms with E-state index < -0.39 is 12.0 Å². The van der Waals surface area contributed by atoms with Crippen LogP contribution in [-0.2, 0) is 4.79 Å². The molecule has 0 radical (unpaired) electrons. The highest BCUT2D eigenvalue weighted by Crippen LogP contribution is 2.14. The van der Waals surface area contributed by atoms with Crippen molar-refractivity contribution in [2.45, 2.75) is 45.2 Å². The number of hydrogen-bond donors (Lipinski definition) is 2. The van der Waals surface area contributed by atoms with Gasteiger partial charge in [-0.25, -0.2) is 10.4 Å². The molecule has 0 amide bonds. The maximum Gasteiger partial charge on any atom is 0.321 e. The highest BCUT2D eigenvalue weighted by Gasteiger charge is 2.21. The fourth-order valence-electron chi connectivity index (χ4n) is 1.59. The molecule has 0 bridgehead atoms. The molecule has 1 aliphatic rings. The zero-order valence-corrected chi connectivity index (χ0v) is 8.29. The smallest absolute Gasteiger partial charge is 0.321 e. The van der Waals surface area contributed by atoms with Gasteiger partial charge < -0.3 is 5.11 Å². The van der Waals surface area contributed by atoms with Gasteiger partial charge in [0.1, 0.15) is 6.04 Å². The summed E-state index contributed by atoms with van der Waals surface area (Å²) in [6, 6.07) is -0.0314. The minimum absolute atomic E-state index is 0.454. The molecule has 0 spiro atoms. The Hall–Kier alpha value is -0.610. The number of carboxylic acid groups (broad SMARTS) is 1. The van der Waals surface area contributed by atoms with Gasteiger partial charge in [-0.3, -0.25) is 4.79 Å². The molecule has 2 atom stereocenters. The summed E-state index contributed by atoms with van der Waals surface area (Å²) in [6.07, 6.45) is 3.56. The monoisotopic (exact) mass is 186 g/mol. The lowest BCUT2D eigenvalue weighted by molar-refractivity contribution is -0.141. The molecule has 1 heterocycles. The summed E-state index contributed by atoms with van der Waals surface area (Å²) in [4.78, 5) is 10.6. The molecule has 2 N–H and O–H groups in total. The Morgan fingerprint density at radius 2 is 2.31 bits per heavy atom. The summed E-state index contributed by atoms with van der Waals surface area (Å²) < 4.78 is 0. The molecule has 0 saturated carbocycles. The van der Waals surface area contributed by atoms with Crippen molar-refractivity contribution in [1.29, 1.82) is 0 Å². The summed E-state index contributed by atoms with van der Waals surface area (Å²) in [5, 5.41) is 10.8. The number of carbonyl (C=O) groups is 1. The summed E-state index contributed by atoms with van der Waals surface area (Å²) in [5.74, 6) is -0.794. The van der Waals surface area contributed by atoms with Gasteiger partial charge in [0, 0.05) is 12.6 Å². The maximum atomic E-state index is 10.6. The first-order valence-corrected chi connectivity index (χ1v) is 4.87. The SMILES string of the molecule is CC(NN1CCCCC1C)C(=O)O. The molecule has 1 saturated heterocycles. The molecule has 1 aliphatic heterocycles. The van der Waals surface area contributed by atoms with Crippen molar-refractivity contribution in [3.63, 3.8) is 0 Å². The molecule has 0 aromatic carbocycles. The van der Waals surface area contributed by atoms with E-state index in [2.05, 4.69) is 12.3 Å². The Balaban J connectivity index is 2.37. The van der Waals surface area contributed by atoms with Gasteiger partial charge in [0.2, 0.25) is 0 Å². The predicted molar refractivity (Wildman–Crippen MR) is 50.3 cm³/mol. The number of rotatable bonds is 3. The second kappa shape index (κ2) is 4.58. The minimum Gasteiger partial charge on any atom is -0.480 e. The normalized spacial score (nSPS) is 27.1. The third kappa shape index (κ3) is 2.97. The summed E-state index contributed by atoms with van der Waals surface area (Å²) in [7, 11) is 0. The van der Waals surface area contributed by atoms with Crippen LogP contribution in [-0.4, -0.2) is 34.7 Å². The zero-order chi connectivity index (χ0) is 9.84. The number of hydrazine groups is 1. The van der Waals surface area contributed by atoms with Gasteiger partial charge in [-0.2, -0.15) is 0 Å². The van der Waals surface area contributed by atoms with E-state index in [1.807, 2.05) is 5.01 Å². The molecule has 1 fully saturated rings. The van der Waals surface area contributed by atoms with Crippen LogP contribution < -0.4 is 5.43 Å². The third-order valence-electron chi connectivity index (χ3n) is 2.53. The molecule has 4 nitrogen and oxygen atoms in total. The molecule has 2 unspecified atom stereocenters. The van der Waals surface area contributed by atoms with E-state index in [-0.39, 0.29) is 0 Å². The van der Waals surface area contributed by atoms with Crippen molar-refractivity contribution in [2.24, 2.45) is 0 Å². The Kier molecular flexibility index (Phi) is 3.69. The van der Waals surface area contributed by atoms with Gasteiger partial charge in [0.25, 0.3) is 0 Å². The first-order chi connectivity index (χ1) is 6.11.